The molecule has 0 spiro atoms. The van der Waals surface area contributed by atoms with E-state index in [1.54, 1.807) is 26.1 Å². The number of benzene rings is 1. The first-order valence-corrected chi connectivity index (χ1v) is 7.15. The quantitative estimate of drug-likeness (QED) is 0.878. The number of hydrogen-bond acceptors (Lipinski definition) is 3. The lowest BCUT2D eigenvalue weighted by Gasteiger charge is -2.21. The summed E-state index contributed by atoms with van der Waals surface area (Å²) in [7, 11) is -1.63. The number of rotatable bonds is 5. The summed E-state index contributed by atoms with van der Waals surface area (Å²) in [6, 6.07) is 6.09. The lowest BCUT2D eigenvalue weighted by atomic mass is 9.98. The maximum Gasteiger partial charge on any atom is 0.178 e. The summed E-state index contributed by atoms with van der Waals surface area (Å²) in [6.07, 6.45) is 0. The summed E-state index contributed by atoms with van der Waals surface area (Å²) in [5.74, 6) is 0.0193. The minimum absolute atomic E-state index is 0.0193. The lowest BCUT2D eigenvalue weighted by molar-refractivity contribution is 0.190. The van der Waals surface area contributed by atoms with Crippen LogP contribution in [0.1, 0.15) is 19.4 Å². The van der Waals surface area contributed by atoms with E-state index in [1.165, 1.54) is 19.1 Å². The standard InChI is InChI=1S/C12H18FNO2S/c1-4-17(15,16)11-7-5-6-10(8-11)12(2,13)9-14-3/h5-8,14H,4,9H2,1-3H3. The largest absolute Gasteiger partial charge is 0.316 e. The first kappa shape index (κ1) is 14.1. The van der Waals surface area contributed by atoms with E-state index in [-0.39, 0.29) is 17.2 Å². The smallest absolute Gasteiger partial charge is 0.178 e. The Labute approximate surface area is 102 Å². The highest BCUT2D eigenvalue weighted by Crippen LogP contribution is 2.26. The number of nitrogens with one attached hydrogen (secondary N) is 1. The molecule has 0 aliphatic heterocycles. The molecule has 3 nitrogen and oxygen atoms in total. The predicted octanol–water partition coefficient (Wildman–Crippen LogP) is 1.88. The molecule has 1 N–H and O–H groups in total. The molecule has 0 heterocycles. The molecule has 96 valence electrons. The first-order valence-electron chi connectivity index (χ1n) is 5.50. The summed E-state index contributed by atoms with van der Waals surface area (Å²) >= 11 is 0. The van der Waals surface area contributed by atoms with Gasteiger partial charge in [0.25, 0.3) is 0 Å². The average Bonchev–Trinajstić information content (AvgIpc) is 2.29. The van der Waals surface area contributed by atoms with Gasteiger partial charge in [0.2, 0.25) is 0 Å². The molecule has 0 bridgehead atoms. The van der Waals surface area contributed by atoms with Gasteiger partial charge in [-0.25, -0.2) is 12.8 Å². The fourth-order valence-corrected chi connectivity index (χ4v) is 2.54. The van der Waals surface area contributed by atoms with E-state index in [9.17, 15) is 12.8 Å². The van der Waals surface area contributed by atoms with Gasteiger partial charge in [-0.3, -0.25) is 0 Å². The van der Waals surface area contributed by atoms with E-state index in [0.717, 1.165) is 0 Å². The van der Waals surface area contributed by atoms with Gasteiger partial charge in [0.05, 0.1) is 10.6 Å². The van der Waals surface area contributed by atoms with Crippen molar-refractivity contribution in [2.75, 3.05) is 19.3 Å². The summed E-state index contributed by atoms with van der Waals surface area (Å²) in [4.78, 5) is 0.178. The minimum atomic E-state index is -3.28. The first-order chi connectivity index (χ1) is 7.83. The van der Waals surface area contributed by atoms with Crippen molar-refractivity contribution in [3.63, 3.8) is 0 Å². The molecule has 0 amide bonds. The van der Waals surface area contributed by atoms with Gasteiger partial charge in [0.1, 0.15) is 5.67 Å². The monoisotopic (exact) mass is 259 g/mol. The third-order valence-electron chi connectivity index (χ3n) is 2.68. The maximum absolute atomic E-state index is 14.2. The van der Waals surface area contributed by atoms with Gasteiger partial charge in [-0.15, -0.1) is 0 Å². The molecule has 0 fully saturated rings. The zero-order chi connectivity index (χ0) is 13.1. The van der Waals surface area contributed by atoms with Crippen molar-refractivity contribution in [1.82, 2.24) is 5.32 Å². The maximum atomic E-state index is 14.2. The van der Waals surface area contributed by atoms with Crippen LogP contribution in [0, 0.1) is 0 Å². The Bertz CT molecular complexity index is 483. The Morgan fingerprint density at radius 1 is 1.41 bits per heavy atom. The number of sulfone groups is 1. The second-order valence-electron chi connectivity index (χ2n) is 4.16. The van der Waals surface area contributed by atoms with Crippen LogP contribution in [0.2, 0.25) is 0 Å². The zero-order valence-electron chi connectivity index (χ0n) is 10.3. The van der Waals surface area contributed by atoms with E-state index in [0.29, 0.717) is 5.56 Å². The van der Waals surface area contributed by atoms with Crippen molar-refractivity contribution >= 4 is 9.84 Å². The highest BCUT2D eigenvalue weighted by atomic mass is 32.2. The van der Waals surface area contributed by atoms with Crippen LogP contribution < -0.4 is 5.32 Å². The lowest BCUT2D eigenvalue weighted by Crippen LogP contribution is -2.29. The number of hydrogen-bond donors (Lipinski definition) is 1. The van der Waals surface area contributed by atoms with E-state index in [2.05, 4.69) is 5.32 Å². The predicted molar refractivity (Wildman–Crippen MR) is 66.6 cm³/mol. The summed E-state index contributed by atoms with van der Waals surface area (Å²) in [6.45, 7) is 3.15. The van der Waals surface area contributed by atoms with Crippen molar-refractivity contribution < 1.29 is 12.8 Å². The summed E-state index contributed by atoms with van der Waals surface area (Å²) < 4.78 is 37.6. The Morgan fingerprint density at radius 2 is 2.06 bits per heavy atom. The molecule has 0 aliphatic carbocycles. The third kappa shape index (κ3) is 3.26. The van der Waals surface area contributed by atoms with Crippen molar-refractivity contribution in [3.05, 3.63) is 29.8 Å². The van der Waals surface area contributed by atoms with Crippen LogP contribution in [0.25, 0.3) is 0 Å². The van der Waals surface area contributed by atoms with Crippen molar-refractivity contribution in [3.8, 4) is 0 Å². The Kier molecular flexibility index (Phi) is 4.27. The second-order valence-corrected chi connectivity index (χ2v) is 6.44. The van der Waals surface area contributed by atoms with Crippen LogP contribution in [0.4, 0.5) is 4.39 Å². The van der Waals surface area contributed by atoms with Crippen LogP contribution in [-0.2, 0) is 15.5 Å². The molecule has 0 aromatic heterocycles. The normalized spacial score (nSPS) is 15.5. The van der Waals surface area contributed by atoms with Crippen LogP contribution in [0.3, 0.4) is 0 Å². The molecule has 1 rings (SSSR count). The Balaban J connectivity index is 3.19. The van der Waals surface area contributed by atoms with E-state index in [1.807, 2.05) is 0 Å². The van der Waals surface area contributed by atoms with Gasteiger partial charge < -0.3 is 5.32 Å². The molecule has 0 saturated carbocycles. The SMILES string of the molecule is CCS(=O)(=O)c1cccc(C(C)(F)CNC)c1. The van der Waals surface area contributed by atoms with E-state index >= 15 is 0 Å². The number of likely N-dealkylation sites (N-methyl/N-ethyl adjacent to an activating group) is 1. The van der Waals surface area contributed by atoms with Gasteiger partial charge in [-0.1, -0.05) is 19.1 Å². The van der Waals surface area contributed by atoms with Crippen molar-refractivity contribution in [2.24, 2.45) is 0 Å². The van der Waals surface area contributed by atoms with Gasteiger partial charge in [-0.2, -0.15) is 0 Å². The molecule has 0 aliphatic rings. The van der Waals surface area contributed by atoms with Gasteiger partial charge in [0, 0.05) is 6.54 Å². The van der Waals surface area contributed by atoms with Crippen LogP contribution in [0.15, 0.2) is 29.2 Å². The molecule has 1 aromatic rings. The van der Waals surface area contributed by atoms with Gasteiger partial charge in [-0.05, 0) is 31.7 Å². The minimum Gasteiger partial charge on any atom is -0.316 e. The Morgan fingerprint density at radius 3 is 2.59 bits per heavy atom. The highest BCUT2D eigenvalue weighted by molar-refractivity contribution is 7.91. The van der Waals surface area contributed by atoms with Crippen molar-refractivity contribution in [2.45, 2.75) is 24.4 Å². The molecule has 0 saturated heterocycles. The van der Waals surface area contributed by atoms with Crippen LogP contribution in [0.5, 0.6) is 0 Å². The van der Waals surface area contributed by atoms with Crippen molar-refractivity contribution in [1.29, 1.82) is 0 Å². The molecular formula is C12H18FNO2S. The highest BCUT2D eigenvalue weighted by Gasteiger charge is 2.26. The van der Waals surface area contributed by atoms with E-state index < -0.39 is 15.5 Å². The molecule has 0 radical (unpaired) electrons. The fraction of sp³-hybridized carbons (Fsp3) is 0.500. The van der Waals surface area contributed by atoms with Gasteiger partial charge >= 0.3 is 0 Å². The Hall–Kier alpha value is -0.940. The molecular weight excluding hydrogens is 241 g/mol. The van der Waals surface area contributed by atoms with Crippen LogP contribution in [-0.4, -0.2) is 27.8 Å². The fourth-order valence-electron chi connectivity index (χ4n) is 1.61. The second kappa shape index (κ2) is 5.14. The number of halogens is 1. The average molecular weight is 259 g/mol. The summed E-state index contributed by atoms with van der Waals surface area (Å²) in [5, 5.41) is 2.75. The summed E-state index contributed by atoms with van der Waals surface area (Å²) in [5.41, 5.74) is -1.20. The number of alkyl halides is 1. The van der Waals surface area contributed by atoms with E-state index in [4.69, 9.17) is 0 Å². The topological polar surface area (TPSA) is 46.2 Å². The van der Waals surface area contributed by atoms with Gasteiger partial charge in [0.15, 0.2) is 9.84 Å². The molecule has 1 unspecified atom stereocenters. The molecule has 17 heavy (non-hydrogen) atoms. The zero-order valence-corrected chi connectivity index (χ0v) is 11.1. The molecule has 1 aromatic carbocycles. The molecule has 5 heteroatoms. The molecule has 1 atom stereocenters. The third-order valence-corrected chi connectivity index (χ3v) is 4.42. The van der Waals surface area contributed by atoms with Crippen LogP contribution >= 0.6 is 0 Å².